The average molecular weight is 291 g/mol. The Morgan fingerprint density at radius 3 is 2.10 bits per heavy atom. The van der Waals surface area contributed by atoms with E-state index in [0.29, 0.717) is 5.41 Å². The SMILES string of the molecule is CC(CCCN)Oc1ccc(C(C)(C)CC(C)(C)C)cc1. The summed E-state index contributed by atoms with van der Waals surface area (Å²) in [5.41, 5.74) is 7.42. The van der Waals surface area contributed by atoms with Gasteiger partial charge in [0.05, 0.1) is 6.10 Å². The van der Waals surface area contributed by atoms with Crippen molar-refractivity contribution in [2.45, 2.75) is 72.3 Å². The van der Waals surface area contributed by atoms with Gasteiger partial charge in [0.1, 0.15) is 5.75 Å². The van der Waals surface area contributed by atoms with Crippen LogP contribution in [0.25, 0.3) is 0 Å². The monoisotopic (exact) mass is 291 g/mol. The van der Waals surface area contributed by atoms with Gasteiger partial charge in [0, 0.05) is 0 Å². The van der Waals surface area contributed by atoms with E-state index in [-0.39, 0.29) is 11.5 Å². The third-order valence-corrected chi connectivity index (χ3v) is 3.76. The molecule has 0 spiro atoms. The van der Waals surface area contributed by atoms with Crippen LogP contribution in [0.3, 0.4) is 0 Å². The lowest BCUT2D eigenvalue weighted by Crippen LogP contribution is -2.24. The van der Waals surface area contributed by atoms with Crippen LogP contribution in [-0.4, -0.2) is 12.6 Å². The zero-order valence-electron chi connectivity index (χ0n) is 14.7. The molecule has 21 heavy (non-hydrogen) atoms. The number of ether oxygens (including phenoxy) is 1. The Bertz CT molecular complexity index is 414. The van der Waals surface area contributed by atoms with Crippen LogP contribution in [0, 0.1) is 5.41 Å². The molecule has 0 saturated heterocycles. The maximum atomic E-state index is 5.93. The molecule has 0 aliphatic rings. The number of nitrogens with two attached hydrogens (primary N) is 1. The maximum absolute atomic E-state index is 5.93. The molecule has 1 aromatic rings. The third-order valence-electron chi connectivity index (χ3n) is 3.76. The molecule has 1 unspecified atom stereocenters. The normalized spacial score (nSPS) is 14.0. The van der Waals surface area contributed by atoms with Crippen LogP contribution in [0.2, 0.25) is 0 Å². The van der Waals surface area contributed by atoms with Gasteiger partial charge in [-0.3, -0.25) is 0 Å². The summed E-state index contributed by atoms with van der Waals surface area (Å²) in [6.07, 6.45) is 3.40. The molecule has 1 rings (SSSR count). The Labute approximate surface area is 131 Å². The summed E-state index contributed by atoms with van der Waals surface area (Å²) in [5, 5.41) is 0. The summed E-state index contributed by atoms with van der Waals surface area (Å²) in [5.74, 6) is 0.954. The van der Waals surface area contributed by atoms with Crippen molar-refractivity contribution in [3.8, 4) is 5.75 Å². The van der Waals surface area contributed by atoms with Gasteiger partial charge in [-0.25, -0.2) is 0 Å². The molecule has 0 aromatic heterocycles. The first-order chi connectivity index (χ1) is 9.64. The minimum absolute atomic E-state index is 0.182. The fourth-order valence-electron chi connectivity index (χ4n) is 3.11. The first-order valence-corrected chi connectivity index (χ1v) is 8.11. The number of benzene rings is 1. The Balaban J connectivity index is 2.69. The standard InChI is InChI=1S/C19H33NO/c1-15(8-7-13-20)21-17-11-9-16(10-12-17)19(5,6)14-18(2,3)4/h9-12,15H,7-8,13-14,20H2,1-6H3. The molecule has 120 valence electrons. The Morgan fingerprint density at radius 2 is 1.62 bits per heavy atom. The highest BCUT2D eigenvalue weighted by molar-refractivity contribution is 5.32. The van der Waals surface area contributed by atoms with Gasteiger partial charge >= 0.3 is 0 Å². The second kappa shape index (κ2) is 7.31. The van der Waals surface area contributed by atoms with E-state index in [1.54, 1.807) is 0 Å². The van der Waals surface area contributed by atoms with Gasteiger partial charge in [0.15, 0.2) is 0 Å². The first-order valence-electron chi connectivity index (χ1n) is 8.11. The molecule has 2 nitrogen and oxygen atoms in total. The molecule has 1 aromatic carbocycles. The number of hydrogen-bond donors (Lipinski definition) is 1. The first kappa shape index (κ1) is 18.0. The quantitative estimate of drug-likeness (QED) is 0.775. The van der Waals surface area contributed by atoms with Crippen molar-refractivity contribution >= 4 is 0 Å². The second-order valence-electron chi connectivity index (χ2n) is 8.01. The Kier molecular flexibility index (Phi) is 6.27. The number of rotatable bonds is 7. The van der Waals surface area contributed by atoms with Crippen LogP contribution in [0.1, 0.15) is 66.4 Å². The van der Waals surface area contributed by atoms with Gasteiger partial charge in [-0.1, -0.05) is 46.8 Å². The zero-order valence-corrected chi connectivity index (χ0v) is 14.7. The maximum Gasteiger partial charge on any atom is 0.119 e. The van der Waals surface area contributed by atoms with E-state index in [4.69, 9.17) is 10.5 Å². The van der Waals surface area contributed by atoms with E-state index >= 15 is 0 Å². The highest BCUT2D eigenvalue weighted by atomic mass is 16.5. The van der Waals surface area contributed by atoms with Gasteiger partial charge in [-0.05, 0) is 61.3 Å². The molecular weight excluding hydrogens is 258 g/mol. The summed E-state index contributed by atoms with van der Waals surface area (Å²) in [6, 6.07) is 8.60. The van der Waals surface area contributed by atoms with Crippen molar-refractivity contribution in [3.63, 3.8) is 0 Å². The summed E-state index contributed by atoms with van der Waals surface area (Å²) >= 11 is 0. The molecule has 0 radical (unpaired) electrons. The smallest absolute Gasteiger partial charge is 0.119 e. The van der Waals surface area contributed by atoms with Crippen LogP contribution >= 0.6 is 0 Å². The van der Waals surface area contributed by atoms with Gasteiger partial charge in [-0.2, -0.15) is 0 Å². The molecule has 0 saturated carbocycles. The molecule has 0 bridgehead atoms. The summed E-state index contributed by atoms with van der Waals surface area (Å²) < 4.78 is 5.93. The molecular formula is C19H33NO. The van der Waals surface area contributed by atoms with Crippen LogP contribution in [0.4, 0.5) is 0 Å². The highest BCUT2D eigenvalue weighted by Crippen LogP contribution is 2.36. The minimum atomic E-state index is 0.182. The number of hydrogen-bond acceptors (Lipinski definition) is 2. The molecule has 0 fully saturated rings. The minimum Gasteiger partial charge on any atom is -0.491 e. The predicted octanol–water partition coefficient (Wildman–Crippen LogP) is 4.91. The van der Waals surface area contributed by atoms with Gasteiger partial charge in [0.25, 0.3) is 0 Å². The Hall–Kier alpha value is -1.02. The van der Waals surface area contributed by atoms with Crippen molar-refractivity contribution < 1.29 is 4.74 Å². The second-order valence-corrected chi connectivity index (χ2v) is 8.01. The van der Waals surface area contributed by atoms with E-state index in [9.17, 15) is 0 Å². The van der Waals surface area contributed by atoms with E-state index in [2.05, 4.69) is 65.8 Å². The predicted molar refractivity (Wildman–Crippen MR) is 91.9 cm³/mol. The fraction of sp³-hybridized carbons (Fsp3) is 0.684. The highest BCUT2D eigenvalue weighted by Gasteiger charge is 2.27. The average Bonchev–Trinajstić information content (AvgIpc) is 2.34. The van der Waals surface area contributed by atoms with Crippen LogP contribution in [0.5, 0.6) is 5.75 Å². The van der Waals surface area contributed by atoms with Crippen molar-refractivity contribution in [1.82, 2.24) is 0 Å². The lowest BCUT2D eigenvalue weighted by molar-refractivity contribution is 0.208. The molecule has 2 heteroatoms. The van der Waals surface area contributed by atoms with E-state index in [1.165, 1.54) is 5.56 Å². The molecule has 0 aliphatic heterocycles. The molecule has 1 atom stereocenters. The lowest BCUT2D eigenvalue weighted by Gasteiger charge is -2.33. The lowest BCUT2D eigenvalue weighted by atomic mass is 9.72. The van der Waals surface area contributed by atoms with Crippen LogP contribution < -0.4 is 10.5 Å². The van der Waals surface area contributed by atoms with Gasteiger partial charge < -0.3 is 10.5 Å². The fourth-order valence-corrected chi connectivity index (χ4v) is 3.11. The zero-order chi connectivity index (χ0) is 16.1. The Morgan fingerprint density at radius 1 is 1.05 bits per heavy atom. The molecule has 0 amide bonds. The summed E-state index contributed by atoms with van der Waals surface area (Å²) in [7, 11) is 0. The van der Waals surface area contributed by atoms with E-state index in [1.807, 2.05) is 0 Å². The molecule has 2 N–H and O–H groups in total. The topological polar surface area (TPSA) is 35.2 Å². The van der Waals surface area contributed by atoms with E-state index in [0.717, 1.165) is 31.6 Å². The van der Waals surface area contributed by atoms with Crippen molar-refractivity contribution in [2.24, 2.45) is 11.1 Å². The summed E-state index contributed by atoms with van der Waals surface area (Å²) in [6.45, 7) is 14.4. The molecule has 0 aliphatic carbocycles. The van der Waals surface area contributed by atoms with Crippen molar-refractivity contribution in [3.05, 3.63) is 29.8 Å². The third kappa shape index (κ3) is 6.52. The van der Waals surface area contributed by atoms with Crippen molar-refractivity contribution in [1.29, 1.82) is 0 Å². The van der Waals surface area contributed by atoms with Crippen LogP contribution in [0.15, 0.2) is 24.3 Å². The van der Waals surface area contributed by atoms with E-state index < -0.39 is 0 Å². The molecule has 0 heterocycles. The summed E-state index contributed by atoms with van der Waals surface area (Å²) in [4.78, 5) is 0. The van der Waals surface area contributed by atoms with Crippen molar-refractivity contribution in [2.75, 3.05) is 6.54 Å². The largest absolute Gasteiger partial charge is 0.491 e. The van der Waals surface area contributed by atoms with Gasteiger partial charge in [0.2, 0.25) is 0 Å². The van der Waals surface area contributed by atoms with Gasteiger partial charge in [-0.15, -0.1) is 0 Å². The van der Waals surface area contributed by atoms with Crippen LogP contribution in [-0.2, 0) is 5.41 Å².